The number of nitrogens with one attached hydrogen (secondary N) is 2. The summed E-state index contributed by atoms with van der Waals surface area (Å²) in [5.74, 6) is -0.649. The Morgan fingerprint density at radius 2 is 1.93 bits per heavy atom. The van der Waals surface area contributed by atoms with Crippen LogP contribution in [0.4, 0.5) is 10.5 Å². The molecule has 2 rings (SSSR count). The molecule has 148 valence electrons. The van der Waals surface area contributed by atoms with Gasteiger partial charge in [-0.2, -0.15) is 0 Å². The van der Waals surface area contributed by atoms with Gasteiger partial charge in [-0.3, -0.25) is 14.5 Å². The third-order valence-electron chi connectivity index (χ3n) is 5.21. The molecule has 0 bridgehead atoms. The topological polar surface area (TPSA) is 81.8 Å². The van der Waals surface area contributed by atoms with Crippen LogP contribution in [0.2, 0.25) is 0 Å². The smallest absolute Gasteiger partial charge is 0.325 e. The van der Waals surface area contributed by atoms with Crippen molar-refractivity contribution in [3.63, 3.8) is 0 Å². The highest BCUT2D eigenvalue weighted by Gasteiger charge is 2.49. The highest BCUT2D eigenvalue weighted by atomic mass is 16.2. The van der Waals surface area contributed by atoms with Gasteiger partial charge < -0.3 is 15.5 Å². The van der Waals surface area contributed by atoms with Crippen LogP contribution in [-0.2, 0) is 9.59 Å². The number of urea groups is 1. The fraction of sp³-hybridized carbons (Fsp3) is 0.550. The summed E-state index contributed by atoms with van der Waals surface area (Å²) in [6.07, 6.45) is 1.02. The lowest BCUT2D eigenvalue weighted by Gasteiger charge is -2.24. The lowest BCUT2D eigenvalue weighted by atomic mass is 9.93. The molecular formula is C20H30N4O3. The van der Waals surface area contributed by atoms with Gasteiger partial charge in [0.05, 0.1) is 0 Å². The SMILES string of the molecule is CCN(CCNC(=O)CN1C(=O)NC(CC)(CC)C1=O)c1cccc(C)c1. The van der Waals surface area contributed by atoms with Crippen LogP contribution in [-0.4, -0.2) is 54.5 Å². The molecule has 1 heterocycles. The van der Waals surface area contributed by atoms with Crippen LogP contribution in [0.1, 0.15) is 39.2 Å². The minimum Gasteiger partial charge on any atom is -0.370 e. The Labute approximate surface area is 161 Å². The summed E-state index contributed by atoms with van der Waals surface area (Å²) in [4.78, 5) is 40.1. The minimum atomic E-state index is -0.873. The van der Waals surface area contributed by atoms with Gasteiger partial charge in [-0.1, -0.05) is 26.0 Å². The van der Waals surface area contributed by atoms with Crippen molar-refractivity contribution in [2.75, 3.05) is 31.1 Å². The van der Waals surface area contributed by atoms with Crippen LogP contribution in [0.15, 0.2) is 24.3 Å². The molecule has 0 spiro atoms. The van der Waals surface area contributed by atoms with Crippen molar-refractivity contribution in [3.8, 4) is 0 Å². The van der Waals surface area contributed by atoms with Gasteiger partial charge in [0.2, 0.25) is 5.91 Å². The monoisotopic (exact) mass is 374 g/mol. The number of carbonyl (C=O) groups excluding carboxylic acids is 3. The molecule has 7 heteroatoms. The molecule has 0 radical (unpaired) electrons. The molecule has 1 aromatic carbocycles. The number of hydrogen-bond donors (Lipinski definition) is 2. The van der Waals surface area contributed by atoms with E-state index in [1.165, 1.54) is 5.56 Å². The molecule has 1 saturated heterocycles. The second kappa shape index (κ2) is 8.88. The van der Waals surface area contributed by atoms with E-state index in [4.69, 9.17) is 0 Å². The van der Waals surface area contributed by atoms with Gasteiger partial charge in [-0.15, -0.1) is 0 Å². The van der Waals surface area contributed by atoms with E-state index in [9.17, 15) is 14.4 Å². The second-order valence-corrected chi connectivity index (χ2v) is 6.88. The Kier molecular flexibility index (Phi) is 6.82. The first-order valence-corrected chi connectivity index (χ1v) is 9.59. The summed E-state index contributed by atoms with van der Waals surface area (Å²) in [7, 11) is 0. The lowest BCUT2D eigenvalue weighted by molar-refractivity contribution is -0.135. The summed E-state index contributed by atoms with van der Waals surface area (Å²) < 4.78 is 0. The highest BCUT2D eigenvalue weighted by Crippen LogP contribution is 2.24. The zero-order valence-corrected chi connectivity index (χ0v) is 16.7. The maximum absolute atomic E-state index is 12.5. The fourth-order valence-corrected chi connectivity index (χ4v) is 3.37. The molecule has 0 aromatic heterocycles. The average Bonchev–Trinajstić information content (AvgIpc) is 2.90. The van der Waals surface area contributed by atoms with Crippen molar-refractivity contribution in [2.45, 2.75) is 46.1 Å². The molecule has 7 nitrogen and oxygen atoms in total. The highest BCUT2D eigenvalue weighted by molar-refractivity contribution is 6.08. The molecule has 1 aromatic rings. The van der Waals surface area contributed by atoms with Crippen molar-refractivity contribution < 1.29 is 14.4 Å². The van der Waals surface area contributed by atoms with Gasteiger partial charge in [0.1, 0.15) is 12.1 Å². The molecular weight excluding hydrogens is 344 g/mol. The van der Waals surface area contributed by atoms with Crippen LogP contribution in [0.25, 0.3) is 0 Å². The molecule has 0 atom stereocenters. The second-order valence-electron chi connectivity index (χ2n) is 6.88. The Morgan fingerprint density at radius 3 is 2.48 bits per heavy atom. The van der Waals surface area contributed by atoms with Crippen molar-refractivity contribution >= 4 is 23.5 Å². The largest absolute Gasteiger partial charge is 0.370 e. The Hall–Kier alpha value is -2.57. The van der Waals surface area contributed by atoms with Gasteiger partial charge in [-0.05, 0) is 44.4 Å². The standard InChI is InChI=1S/C20H30N4O3/c1-5-20(6-2)18(26)24(19(27)22-20)14-17(25)21-11-12-23(7-3)16-10-8-9-15(4)13-16/h8-10,13H,5-7,11-12,14H2,1-4H3,(H,21,25)(H,22,27). The van der Waals surface area contributed by atoms with E-state index in [-0.39, 0.29) is 18.4 Å². The van der Waals surface area contributed by atoms with Crippen molar-refractivity contribution in [1.82, 2.24) is 15.5 Å². The van der Waals surface area contributed by atoms with Crippen molar-refractivity contribution in [2.24, 2.45) is 0 Å². The van der Waals surface area contributed by atoms with Crippen molar-refractivity contribution in [3.05, 3.63) is 29.8 Å². The first-order valence-electron chi connectivity index (χ1n) is 9.59. The van der Waals surface area contributed by atoms with E-state index in [0.29, 0.717) is 25.9 Å². The number of benzene rings is 1. The number of likely N-dealkylation sites (N-methyl/N-ethyl adjacent to an activating group) is 1. The molecule has 1 aliphatic heterocycles. The Morgan fingerprint density at radius 1 is 1.22 bits per heavy atom. The minimum absolute atomic E-state index is 0.247. The Bertz CT molecular complexity index is 700. The number of hydrogen-bond acceptors (Lipinski definition) is 4. The molecule has 0 unspecified atom stereocenters. The van der Waals surface area contributed by atoms with E-state index >= 15 is 0 Å². The lowest BCUT2D eigenvalue weighted by Crippen LogP contribution is -2.47. The average molecular weight is 374 g/mol. The van der Waals surface area contributed by atoms with E-state index < -0.39 is 11.6 Å². The van der Waals surface area contributed by atoms with E-state index in [0.717, 1.165) is 17.1 Å². The summed E-state index contributed by atoms with van der Waals surface area (Å²) in [5, 5.41) is 5.54. The number of nitrogens with zero attached hydrogens (tertiary/aromatic N) is 2. The van der Waals surface area contributed by atoms with Gasteiger partial charge in [-0.25, -0.2) is 4.79 Å². The van der Waals surface area contributed by atoms with Crippen molar-refractivity contribution in [1.29, 1.82) is 0 Å². The molecule has 4 amide bonds. The summed E-state index contributed by atoms with van der Waals surface area (Å²) in [6.45, 7) is 9.49. The van der Waals surface area contributed by atoms with Gasteiger partial charge in [0, 0.05) is 25.3 Å². The van der Waals surface area contributed by atoms with E-state index in [2.05, 4.69) is 28.5 Å². The predicted octanol–water partition coefficient (Wildman–Crippen LogP) is 2.05. The number of amides is 4. The normalized spacial score (nSPS) is 15.6. The number of anilines is 1. The fourth-order valence-electron chi connectivity index (χ4n) is 3.37. The van der Waals surface area contributed by atoms with E-state index in [1.807, 2.05) is 39.0 Å². The van der Waals surface area contributed by atoms with E-state index in [1.54, 1.807) is 0 Å². The summed E-state index contributed by atoms with van der Waals surface area (Å²) >= 11 is 0. The Balaban J connectivity index is 1.87. The van der Waals surface area contributed by atoms with Gasteiger partial charge in [0.15, 0.2) is 0 Å². The van der Waals surface area contributed by atoms with Crippen LogP contribution in [0, 0.1) is 6.92 Å². The summed E-state index contributed by atoms with van der Waals surface area (Å²) in [5.41, 5.74) is 1.42. The van der Waals surface area contributed by atoms with Crippen LogP contribution in [0.3, 0.4) is 0 Å². The maximum atomic E-state index is 12.5. The van der Waals surface area contributed by atoms with Crippen LogP contribution >= 0.6 is 0 Å². The third kappa shape index (κ3) is 4.59. The van der Waals surface area contributed by atoms with Gasteiger partial charge in [0.25, 0.3) is 5.91 Å². The molecule has 27 heavy (non-hydrogen) atoms. The third-order valence-corrected chi connectivity index (χ3v) is 5.21. The molecule has 1 fully saturated rings. The molecule has 2 N–H and O–H groups in total. The predicted molar refractivity (Wildman–Crippen MR) is 106 cm³/mol. The number of imide groups is 1. The molecule has 1 aliphatic rings. The number of carbonyl (C=O) groups is 3. The molecule has 0 aliphatic carbocycles. The maximum Gasteiger partial charge on any atom is 0.325 e. The first-order chi connectivity index (χ1) is 12.9. The number of aryl methyl sites for hydroxylation is 1. The number of rotatable bonds is 9. The van der Waals surface area contributed by atoms with Crippen LogP contribution < -0.4 is 15.5 Å². The van der Waals surface area contributed by atoms with Crippen LogP contribution in [0.5, 0.6) is 0 Å². The summed E-state index contributed by atoms with van der Waals surface area (Å²) in [6, 6.07) is 7.71. The van der Waals surface area contributed by atoms with Gasteiger partial charge >= 0.3 is 6.03 Å². The zero-order chi connectivity index (χ0) is 20.0. The molecule has 0 saturated carbocycles. The quantitative estimate of drug-likeness (QED) is 0.648. The zero-order valence-electron chi connectivity index (χ0n) is 16.7. The first kappa shape index (κ1) is 20.7.